The van der Waals surface area contributed by atoms with Crippen LogP contribution in [0.3, 0.4) is 0 Å². The number of ketones is 1. The van der Waals surface area contributed by atoms with E-state index in [-0.39, 0.29) is 28.0 Å². The fourth-order valence-corrected chi connectivity index (χ4v) is 2.51. The van der Waals surface area contributed by atoms with Crippen molar-refractivity contribution >= 4 is 29.0 Å². The van der Waals surface area contributed by atoms with E-state index >= 15 is 0 Å². The van der Waals surface area contributed by atoms with Gasteiger partial charge in [0.2, 0.25) is 11.5 Å². The van der Waals surface area contributed by atoms with E-state index < -0.39 is 5.91 Å². The Bertz CT molecular complexity index is 823. The number of methoxy groups -OCH3 is 1. The van der Waals surface area contributed by atoms with Crippen molar-refractivity contribution in [2.75, 3.05) is 20.3 Å². The maximum Gasteiger partial charge on any atom is 0.377 e. The minimum atomic E-state index is -0.519. The van der Waals surface area contributed by atoms with Gasteiger partial charge in [-0.05, 0) is 31.2 Å². The van der Waals surface area contributed by atoms with Crippen LogP contribution in [0.2, 0.25) is 0 Å². The van der Waals surface area contributed by atoms with Crippen LogP contribution in [0, 0.1) is 0 Å². The van der Waals surface area contributed by atoms with Crippen LogP contribution in [0.15, 0.2) is 51.8 Å². The van der Waals surface area contributed by atoms with Crippen molar-refractivity contribution in [3.63, 3.8) is 0 Å². The van der Waals surface area contributed by atoms with Crippen molar-refractivity contribution in [3.8, 4) is 5.75 Å². The van der Waals surface area contributed by atoms with E-state index in [1.54, 1.807) is 38.1 Å². The Kier molecular flexibility index (Phi) is 6.80. The molecule has 0 unspecified atom stereocenters. The summed E-state index contributed by atoms with van der Waals surface area (Å²) < 4.78 is 16.0. The van der Waals surface area contributed by atoms with E-state index in [0.717, 1.165) is 0 Å². The van der Waals surface area contributed by atoms with Gasteiger partial charge in [-0.25, -0.2) is 0 Å². The van der Waals surface area contributed by atoms with Gasteiger partial charge < -0.3 is 15.0 Å². The van der Waals surface area contributed by atoms with Gasteiger partial charge >= 0.3 is 5.78 Å². The molecule has 0 aliphatic heterocycles. The predicted octanol–water partition coefficient (Wildman–Crippen LogP) is 1.89. The standard InChI is InChI=1S/C18H19ClN3O4/c1-4-25-14-10-13(19)17(26-5-2)16(22-20)15(14)21-18(23)11-6-8-12(24-3)9-7-11/h6-10,22H,4-5H2,1-3H3/q+1. The molecule has 0 aromatic heterocycles. The summed E-state index contributed by atoms with van der Waals surface area (Å²) in [4.78, 5) is 16.6. The fourth-order valence-electron chi connectivity index (χ4n) is 2.26. The minimum Gasteiger partial charge on any atom is -0.502 e. The zero-order chi connectivity index (χ0) is 19.1. The smallest absolute Gasteiger partial charge is 0.377 e. The zero-order valence-electron chi connectivity index (χ0n) is 14.7. The fraction of sp³-hybridized carbons (Fsp3) is 0.278. The number of carbonyl (C=O) groups is 1. The van der Waals surface area contributed by atoms with Gasteiger partial charge in [0, 0.05) is 12.5 Å². The monoisotopic (exact) mass is 376 g/mol. The number of benzene rings is 1. The van der Waals surface area contributed by atoms with E-state index in [9.17, 15) is 10.3 Å². The van der Waals surface area contributed by atoms with Gasteiger partial charge in [0.15, 0.2) is 0 Å². The largest absolute Gasteiger partial charge is 0.502 e. The first-order valence-corrected chi connectivity index (χ1v) is 8.35. The van der Waals surface area contributed by atoms with E-state index in [0.29, 0.717) is 24.5 Å². The van der Waals surface area contributed by atoms with Gasteiger partial charge in [-0.3, -0.25) is 14.3 Å². The quantitative estimate of drug-likeness (QED) is 0.466. The lowest BCUT2D eigenvalue weighted by atomic mass is 10.1. The highest BCUT2D eigenvalue weighted by molar-refractivity contribution is 6.54. The highest BCUT2D eigenvalue weighted by Crippen LogP contribution is 2.24. The SMILES string of the molecule is CCOC1=C([NH+]=[N-])C(=NC(=O)c2ccc(OC)cc2)C(=[O+]CC)C=C1Cl. The molecule has 0 atom stereocenters. The third-order valence-electron chi connectivity index (χ3n) is 3.42. The number of nitrogens with one attached hydrogen (secondary N) is 1. The molecule has 1 amide bonds. The topological polar surface area (TPSA) is 95.5 Å². The normalized spacial score (nSPS) is 17.3. The van der Waals surface area contributed by atoms with Crippen LogP contribution in [-0.4, -0.2) is 37.7 Å². The number of carbonyl (C=O) groups excluding carboxylic acids is 2. The van der Waals surface area contributed by atoms with Crippen LogP contribution < -0.4 is 9.85 Å². The van der Waals surface area contributed by atoms with Gasteiger partial charge in [-0.2, -0.15) is 4.99 Å². The van der Waals surface area contributed by atoms with Gasteiger partial charge in [0.05, 0.1) is 24.8 Å². The van der Waals surface area contributed by atoms with Crippen molar-refractivity contribution in [3.05, 3.63) is 57.9 Å². The molecule has 1 aromatic carbocycles. The summed E-state index contributed by atoms with van der Waals surface area (Å²) in [5.41, 5.74) is 10.1. The molecule has 0 heterocycles. The second-order valence-electron chi connectivity index (χ2n) is 5.03. The van der Waals surface area contributed by atoms with Gasteiger partial charge in [0.25, 0.3) is 18.2 Å². The van der Waals surface area contributed by atoms with Crippen LogP contribution in [0.4, 0.5) is 0 Å². The number of allylic oxidation sites excluding steroid dienone is 3. The minimum absolute atomic E-state index is 0.0599. The van der Waals surface area contributed by atoms with Gasteiger partial charge in [-0.1, -0.05) is 11.6 Å². The van der Waals surface area contributed by atoms with Crippen molar-refractivity contribution < 1.29 is 23.8 Å². The Morgan fingerprint density at radius 3 is 2.54 bits per heavy atom. The molecule has 1 N–H and O–H groups in total. The Hall–Kier alpha value is -2.80. The molecule has 8 heteroatoms. The average Bonchev–Trinajstić information content (AvgIpc) is 2.65. The lowest BCUT2D eigenvalue weighted by Gasteiger charge is -2.12. The summed E-state index contributed by atoms with van der Waals surface area (Å²) in [6.07, 6.45) is 1.50. The molecule has 0 bridgehead atoms. The number of amides is 1. The molecule has 0 spiro atoms. The summed E-state index contributed by atoms with van der Waals surface area (Å²) in [6.45, 7) is 4.20. The highest BCUT2D eigenvalue weighted by atomic mass is 35.5. The molecule has 7 nitrogen and oxygen atoms in total. The van der Waals surface area contributed by atoms with Crippen LogP contribution >= 0.6 is 11.6 Å². The first-order valence-electron chi connectivity index (χ1n) is 7.97. The Morgan fingerprint density at radius 1 is 1.31 bits per heavy atom. The summed E-state index contributed by atoms with van der Waals surface area (Å²) in [6, 6.07) is 6.50. The van der Waals surface area contributed by atoms with E-state index in [1.165, 1.54) is 13.2 Å². The molecule has 1 aliphatic rings. The number of ether oxygens (including phenoxy) is 2. The van der Waals surface area contributed by atoms with Gasteiger partial charge in [0.1, 0.15) is 5.75 Å². The van der Waals surface area contributed by atoms with Crippen LogP contribution in [-0.2, 0) is 9.16 Å². The number of hydrogen-bond acceptors (Lipinski definition) is 3. The zero-order valence-corrected chi connectivity index (χ0v) is 15.5. The van der Waals surface area contributed by atoms with Crippen molar-refractivity contribution in [1.29, 1.82) is 0 Å². The lowest BCUT2D eigenvalue weighted by molar-refractivity contribution is -0.450. The molecule has 26 heavy (non-hydrogen) atoms. The predicted molar refractivity (Wildman–Crippen MR) is 97.2 cm³/mol. The van der Waals surface area contributed by atoms with Crippen molar-refractivity contribution in [1.82, 2.24) is 0 Å². The average molecular weight is 377 g/mol. The second kappa shape index (κ2) is 9.05. The molecule has 0 fully saturated rings. The molecule has 0 radical (unpaired) electrons. The molecule has 1 aliphatic carbocycles. The van der Waals surface area contributed by atoms with Crippen molar-refractivity contribution in [2.45, 2.75) is 13.8 Å². The molecular formula is C18H19ClN3O4+. The maximum absolute atomic E-state index is 12.5. The Balaban J connectivity index is 2.52. The molecule has 0 saturated carbocycles. The number of rotatable bonds is 6. The van der Waals surface area contributed by atoms with E-state index in [4.69, 9.17) is 25.5 Å². The molecule has 1 aromatic rings. The Labute approximate surface area is 156 Å². The number of halogens is 1. The summed E-state index contributed by atoms with van der Waals surface area (Å²) in [5, 5.41) is 2.23. The van der Waals surface area contributed by atoms with Crippen LogP contribution in [0.1, 0.15) is 24.2 Å². The first-order chi connectivity index (χ1) is 12.5. The van der Waals surface area contributed by atoms with Crippen molar-refractivity contribution in [2.24, 2.45) is 4.99 Å². The van der Waals surface area contributed by atoms with Crippen LogP contribution in [0.5, 0.6) is 5.75 Å². The summed E-state index contributed by atoms with van der Waals surface area (Å²) in [5.74, 6) is 0.537. The number of nitrogens with zero attached hydrogens (tertiary/aromatic N) is 2. The first kappa shape index (κ1) is 19.5. The number of hydrogen-bond donors (Lipinski definition) is 1. The maximum atomic E-state index is 12.5. The second-order valence-corrected chi connectivity index (χ2v) is 5.44. The molecule has 136 valence electrons. The summed E-state index contributed by atoms with van der Waals surface area (Å²) >= 11 is 6.19. The summed E-state index contributed by atoms with van der Waals surface area (Å²) in [7, 11) is 1.54. The number of aliphatic imine (C=N–C) groups is 1. The third kappa shape index (κ3) is 4.23. The molecular weight excluding hydrogens is 358 g/mol. The molecule has 0 saturated heterocycles. The Morgan fingerprint density at radius 2 is 2.00 bits per heavy atom. The van der Waals surface area contributed by atoms with Gasteiger partial charge in [-0.15, -0.1) is 0 Å². The lowest BCUT2D eigenvalue weighted by Crippen LogP contribution is -2.65. The highest BCUT2D eigenvalue weighted by Gasteiger charge is 2.37. The molecule has 2 rings (SSSR count). The van der Waals surface area contributed by atoms with Crippen LogP contribution in [0.25, 0.3) is 5.53 Å². The van der Waals surface area contributed by atoms with E-state index in [2.05, 4.69) is 4.99 Å². The third-order valence-corrected chi connectivity index (χ3v) is 3.70. The van der Waals surface area contributed by atoms with E-state index in [1.807, 2.05) is 5.11 Å².